The molecule has 3 rings (SSSR count). The fraction of sp³-hybridized carbons (Fsp3) is 0.350. The van der Waals surface area contributed by atoms with Gasteiger partial charge in [0.25, 0.3) is 0 Å². The third-order valence-corrected chi connectivity index (χ3v) is 4.16. The first-order valence-electron chi connectivity index (χ1n) is 9.03. The lowest BCUT2D eigenvalue weighted by molar-refractivity contribution is 0.132. The van der Waals surface area contributed by atoms with Gasteiger partial charge in [-0.2, -0.15) is 0 Å². The minimum atomic E-state index is -0.266. The largest absolute Gasteiger partial charge is 0.487 e. The Morgan fingerprint density at radius 1 is 0.964 bits per heavy atom. The first-order chi connectivity index (χ1) is 13.7. The van der Waals surface area contributed by atoms with Gasteiger partial charge in [0.15, 0.2) is 11.5 Å². The van der Waals surface area contributed by atoms with Crippen LogP contribution in [0.5, 0.6) is 11.5 Å². The Labute approximate surface area is 164 Å². The normalized spacial score (nSPS) is 14.9. The zero-order valence-corrected chi connectivity index (χ0v) is 16.1. The molecule has 0 radical (unpaired) electrons. The molecule has 0 bridgehead atoms. The van der Waals surface area contributed by atoms with Crippen molar-refractivity contribution in [3.63, 3.8) is 0 Å². The second-order valence-corrected chi connectivity index (χ2v) is 6.16. The zero-order valence-electron chi connectivity index (χ0n) is 16.1. The lowest BCUT2D eigenvalue weighted by Crippen LogP contribution is -2.18. The molecule has 1 heterocycles. The Morgan fingerprint density at radius 3 is 2.25 bits per heavy atom. The molecule has 0 amide bonds. The molecular formula is C20H26N4O4. The van der Waals surface area contributed by atoms with Gasteiger partial charge in [0, 0.05) is 37.2 Å². The standard InChI is InChI=1S/C20H26N4O4/c1-25-7-9-27-18-11-16-17(12-19(18)28-10-8-26-2)22-13-23-20(16)24-15-5-3-14(21)4-6-15/h3-6,11-13,20,24H,7-10,21H2,1-2H3,(H,22,23). The number of hydrogen-bond acceptors (Lipinski definition) is 8. The highest BCUT2D eigenvalue weighted by molar-refractivity contribution is 5.82. The van der Waals surface area contributed by atoms with Crippen molar-refractivity contribution in [3.05, 3.63) is 42.0 Å². The molecule has 0 saturated carbocycles. The topological polar surface area (TPSA) is 99.4 Å². The molecule has 0 fully saturated rings. The van der Waals surface area contributed by atoms with E-state index in [2.05, 4.69) is 15.6 Å². The van der Waals surface area contributed by atoms with Gasteiger partial charge < -0.3 is 35.3 Å². The summed E-state index contributed by atoms with van der Waals surface area (Å²) in [5.74, 6) is 1.27. The molecule has 1 aliphatic rings. The highest BCUT2D eigenvalue weighted by atomic mass is 16.5. The quantitative estimate of drug-likeness (QED) is 0.426. The number of nitrogen functional groups attached to an aromatic ring is 1. The molecule has 2 aromatic rings. The van der Waals surface area contributed by atoms with Gasteiger partial charge in [-0.05, 0) is 30.3 Å². The zero-order chi connectivity index (χ0) is 19.8. The number of nitrogens with one attached hydrogen (secondary N) is 2. The van der Waals surface area contributed by atoms with Gasteiger partial charge >= 0.3 is 0 Å². The van der Waals surface area contributed by atoms with E-state index in [0.29, 0.717) is 43.6 Å². The van der Waals surface area contributed by atoms with E-state index < -0.39 is 0 Å². The summed E-state index contributed by atoms with van der Waals surface area (Å²) in [6.45, 7) is 1.82. The molecule has 28 heavy (non-hydrogen) atoms. The van der Waals surface area contributed by atoms with Crippen LogP contribution in [0.3, 0.4) is 0 Å². The number of methoxy groups -OCH3 is 2. The Morgan fingerprint density at radius 2 is 1.61 bits per heavy atom. The average molecular weight is 386 g/mol. The summed E-state index contributed by atoms with van der Waals surface area (Å²) in [5, 5.41) is 6.57. The summed E-state index contributed by atoms with van der Waals surface area (Å²) in [6, 6.07) is 11.4. The molecular weight excluding hydrogens is 360 g/mol. The van der Waals surface area contributed by atoms with Gasteiger partial charge in [0.05, 0.1) is 25.2 Å². The summed E-state index contributed by atoms with van der Waals surface area (Å²) >= 11 is 0. The van der Waals surface area contributed by atoms with Gasteiger partial charge in [-0.15, -0.1) is 0 Å². The van der Waals surface area contributed by atoms with Gasteiger partial charge in [0.2, 0.25) is 0 Å². The number of fused-ring (bicyclic) bond motifs is 1. The lowest BCUT2D eigenvalue weighted by atomic mass is 10.1. The van der Waals surface area contributed by atoms with Crippen molar-refractivity contribution in [2.75, 3.05) is 57.0 Å². The number of benzene rings is 2. The number of nitrogens with zero attached hydrogens (tertiary/aromatic N) is 1. The fourth-order valence-electron chi connectivity index (χ4n) is 2.74. The van der Waals surface area contributed by atoms with Crippen molar-refractivity contribution in [2.24, 2.45) is 4.99 Å². The maximum absolute atomic E-state index is 5.87. The molecule has 1 unspecified atom stereocenters. The molecule has 0 aliphatic carbocycles. The lowest BCUT2D eigenvalue weighted by Gasteiger charge is -2.25. The Balaban J connectivity index is 1.84. The number of aliphatic imine (C=N–C) groups is 1. The van der Waals surface area contributed by atoms with Crippen LogP contribution in [-0.4, -0.2) is 47.0 Å². The number of ether oxygens (including phenoxy) is 4. The highest BCUT2D eigenvalue weighted by Crippen LogP contribution is 2.39. The second kappa shape index (κ2) is 9.82. The van der Waals surface area contributed by atoms with E-state index in [1.54, 1.807) is 20.6 Å². The third-order valence-electron chi connectivity index (χ3n) is 4.16. The maximum Gasteiger partial charge on any atom is 0.163 e. The minimum absolute atomic E-state index is 0.266. The van der Waals surface area contributed by atoms with Crippen LogP contribution in [0.1, 0.15) is 11.7 Å². The van der Waals surface area contributed by atoms with Crippen LogP contribution < -0.4 is 25.8 Å². The molecule has 8 nitrogen and oxygen atoms in total. The molecule has 8 heteroatoms. The van der Waals surface area contributed by atoms with E-state index in [1.807, 2.05) is 36.4 Å². The molecule has 0 saturated heterocycles. The van der Waals surface area contributed by atoms with Crippen molar-refractivity contribution < 1.29 is 18.9 Å². The van der Waals surface area contributed by atoms with Gasteiger partial charge in [0.1, 0.15) is 19.4 Å². The van der Waals surface area contributed by atoms with Gasteiger partial charge in [-0.25, -0.2) is 4.99 Å². The molecule has 1 atom stereocenters. The molecule has 0 aromatic heterocycles. The van der Waals surface area contributed by atoms with Crippen LogP contribution >= 0.6 is 0 Å². The molecule has 150 valence electrons. The van der Waals surface area contributed by atoms with E-state index in [4.69, 9.17) is 24.7 Å². The Hall–Kier alpha value is -2.97. The van der Waals surface area contributed by atoms with Crippen molar-refractivity contribution in [1.82, 2.24) is 0 Å². The smallest absolute Gasteiger partial charge is 0.163 e. The van der Waals surface area contributed by atoms with Gasteiger partial charge in [-0.3, -0.25) is 0 Å². The van der Waals surface area contributed by atoms with Crippen LogP contribution in [0.4, 0.5) is 17.1 Å². The van der Waals surface area contributed by atoms with E-state index in [9.17, 15) is 0 Å². The molecule has 1 aliphatic heterocycles. The van der Waals surface area contributed by atoms with Gasteiger partial charge in [-0.1, -0.05) is 0 Å². The van der Waals surface area contributed by atoms with E-state index >= 15 is 0 Å². The Kier molecular flexibility index (Phi) is 6.94. The van der Waals surface area contributed by atoms with E-state index in [-0.39, 0.29) is 6.17 Å². The summed E-state index contributed by atoms with van der Waals surface area (Å²) in [6.07, 6.45) is 1.40. The Bertz CT molecular complexity index is 796. The molecule has 0 spiro atoms. The van der Waals surface area contributed by atoms with E-state index in [1.165, 1.54) is 0 Å². The molecule has 4 N–H and O–H groups in total. The maximum atomic E-state index is 5.87. The van der Waals surface area contributed by atoms with Crippen LogP contribution in [0.15, 0.2) is 41.4 Å². The van der Waals surface area contributed by atoms with Crippen LogP contribution in [-0.2, 0) is 9.47 Å². The minimum Gasteiger partial charge on any atom is -0.487 e. The summed E-state index contributed by atoms with van der Waals surface area (Å²) in [7, 11) is 3.27. The van der Waals surface area contributed by atoms with Crippen molar-refractivity contribution in [1.29, 1.82) is 0 Å². The number of hydrogen-bond donors (Lipinski definition) is 3. The number of nitrogens with two attached hydrogens (primary N) is 1. The predicted octanol–water partition coefficient (Wildman–Crippen LogP) is 2.88. The van der Waals surface area contributed by atoms with E-state index in [0.717, 1.165) is 16.9 Å². The second-order valence-electron chi connectivity index (χ2n) is 6.16. The van der Waals surface area contributed by atoms with Crippen molar-refractivity contribution in [2.45, 2.75) is 6.17 Å². The third kappa shape index (κ3) is 5.05. The first-order valence-corrected chi connectivity index (χ1v) is 9.03. The van der Waals surface area contributed by atoms with Crippen molar-refractivity contribution >= 4 is 23.4 Å². The number of anilines is 3. The summed E-state index contributed by atoms with van der Waals surface area (Å²) < 4.78 is 21.9. The van der Waals surface area contributed by atoms with Crippen LogP contribution in [0.2, 0.25) is 0 Å². The number of rotatable bonds is 10. The summed E-state index contributed by atoms with van der Waals surface area (Å²) in [5.41, 5.74) is 9.25. The predicted molar refractivity (Wildman–Crippen MR) is 111 cm³/mol. The van der Waals surface area contributed by atoms with Crippen LogP contribution in [0, 0.1) is 0 Å². The highest BCUT2D eigenvalue weighted by Gasteiger charge is 2.21. The summed E-state index contributed by atoms with van der Waals surface area (Å²) in [4.78, 5) is 4.51. The first kappa shape index (κ1) is 19.8. The fourth-order valence-corrected chi connectivity index (χ4v) is 2.74. The molecule has 2 aromatic carbocycles. The monoisotopic (exact) mass is 386 g/mol. The van der Waals surface area contributed by atoms with Crippen LogP contribution in [0.25, 0.3) is 0 Å². The SMILES string of the molecule is COCCOc1cc2c(cc1OCCOC)C(Nc1ccc(N)cc1)N=CN2. The average Bonchev–Trinajstić information content (AvgIpc) is 2.70. The van der Waals surface area contributed by atoms with Crippen molar-refractivity contribution in [3.8, 4) is 11.5 Å².